The molecule has 5 aliphatic rings. The smallest absolute Gasteiger partial charge is 0.404 e. The van der Waals surface area contributed by atoms with E-state index in [1.54, 1.807) is 18.2 Å². The van der Waals surface area contributed by atoms with E-state index in [2.05, 4.69) is 33.1 Å². The minimum absolute atomic E-state index is 0.00231. The number of halogens is 4. The van der Waals surface area contributed by atoms with Crippen molar-refractivity contribution in [3.05, 3.63) is 105 Å². The van der Waals surface area contributed by atoms with E-state index in [1.807, 2.05) is 11.8 Å². The summed E-state index contributed by atoms with van der Waals surface area (Å²) in [6.07, 6.45) is 1.77. The number of likely N-dealkylation sites (tertiary alicyclic amines) is 1. The standard InChI is InChI=1S/C57H62F4N9O13PS/c1-2-67-21-20-36-12-14-45(70(36)55(78)42(29-67)64-52(75)47-27-34-26-35(11-16-46(34)85-47)57(60,61)84(80,81)82)51(74)65-43(30-83-56(62)79)49(72)63-41(25-32-10-13-39(58)40(59)24-32)54(77)68-22-18-31(19-23-68)6-3-4-7-33-8-5-9-37-38(33)28-69(53(37)76)44-15-17-48(71)66-50(44)73/h5,8-11,13,16,24,26-27,31,36,41-45H,2-3,6,12,14-15,17-23,25,28-30H2,1H3,(H2,62,79)(H,63,72)(H,64,75)(H,65,74)(H,66,71,73)(H2,80,81,82)/t36-,41?,42+,43?,44?,45+/m1/s1. The summed E-state index contributed by atoms with van der Waals surface area (Å²) in [6, 6.07) is 5.41. The van der Waals surface area contributed by atoms with Gasteiger partial charge >= 0.3 is 19.4 Å². The Hall–Kier alpha value is -7.76. The summed E-state index contributed by atoms with van der Waals surface area (Å²) in [5, 5.41) is 10.3. The minimum atomic E-state index is -5.90. The van der Waals surface area contributed by atoms with Crippen molar-refractivity contribution in [2.75, 3.05) is 39.3 Å². The van der Waals surface area contributed by atoms with Crippen molar-refractivity contribution in [3.63, 3.8) is 0 Å². The van der Waals surface area contributed by atoms with Gasteiger partial charge in [-0.2, -0.15) is 8.78 Å². The number of carbonyl (C=O) groups is 9. The summed E-state index contributed by atoms with van der Waals surface area (Å²) < 4.78 is 74.8. The largest absolute Gasteiger partial charge is 0.447 e. The maximum atomic E-state index is 14.7. The molecule has 8 N–H and O–H groups in total. The molecule has 0 aliphatic carbocycles. The van der Waals surface area contributed by atoms with Gasteiger partial charge in [0, 0.05) is 79.4 Å². The highest BCUT2D eigenvalue weighted by atomic mass is 32.1. The second-order valence-corrected chi connectivity index (χ2v) is 24.4. The van der Waals surface area contributed by atoms with E-state index in [-0.39, 0.29) is 85.4 Å². The molecule has 6 atom stereocenters. The maximum absolute atomic E-state index is 14.7. The van der Waals surface area contributed by atoms with Crippen molar-refractivity contribution in [1.29, 1.82) is 0 Å². The molecule has 0 saturated carbocycles. The van der Waals surface area contributed by atoms with Gasteiger partial charge in [0.1, 0.15) is 36.8 Å². The van der Waals surface area contributed by atoms with Crippen molar-refractivity contribution < 1.29 is 79.8 Å². The lowest BCUT2D eigenvalue weighted by molar-refractivity contribution is -0.144. The number of fused-ring (bicyclic) bond motifs is 3. The molecular weight excluding hydrogens is 1160 g/mol. The van der Waals surface area contributed by atoms with E-state index in [4.69, 9.17) is 10.5 Å². The zero-order valence-electron chi connectivity index (χ0n) is 46.0. The first-order valence-corrected chi connectivity index (χ1v) is 30.2. The van der Waals surface area contributed by atoms with Crippen molar-refractivity contribution in [2.45, 2.75) is 120 Å². The lowest BCUT2D eigenvalue weighted by Crippen LogP contribution is -2.62. The number of primary amides is 1. The molecule has 4 saturated heterocycles. The SMILES string of the molecule is CCN1CC[C@H]2CC[C@@H](C(=O)NC(COC(N)=O)C(=O)NC(Cc3ccc(F)c(F)c3)C(=O)N3CCC(CCC#Cc4cccc5c4CN(C4CCC(=O)NC4=O)C5=O)CC3)N2C(=O)[C@@H](NC(=O)c2cc3cc(C(F)(F)P(=O)(O)O)ccc3s2)C1. The Balaban J connectivity index is 0.855. The van der Waals surface area contributed by atoms with Crippen LogP contribution in [0.4, 0.5) is 22.4 Å². The molecule has 0 spiro atoms. The van der Waals surface area contributed by atoms with Gasteiger partial charge in [0.15, 0.2) is 11.6 Å². The number of rotatable bonds is 17. The van der Waals surface area contributed by atoms with E-state index in [1.165, 1.54) is 32.9 Å². The number of nitrogens with zero attached hydrogens (tertiary/aromatic N) is 4. The highest BCUT2D eigenvalue weighted by Gasteiger charge is 2.51. The van der Waals surface area contributed by atoms with Crippen molar-refractivity contribution >= 4 is 82.4 Å². The number of ether oxygens (including phenoxy) is 1. The van der Waals surface area contributed by atoms with E-state index in [0.717, 1.165) is 35.6 Å². The summed E-state index contributed by atoms with van der Waals surface area (Å²) in [7, 11) is -5.90. The van der Waals surface area contributed by atoms with Crippen LogP contribution in [0.5, 0.6) is 0 Å². The predicted octanol–water partition coefficient (Wildman–Crippen LogP) is 3.73. The number of thiophene rings is 1. The van der Waals surface area contributed by atoms with Gasteiger partial charge in [0.2, 0.25) is 35.4 Å². The molecule has 9 amide bonds. The van der Waals surface area contributed by atoms with Gasteiger partial charge in [0.05, 0.1) is 4.88 Å². The summed E-state index contributed by atoms with van der Waals surface area (Å²) in [4.78, 5) is 146. The number of hydrogen-bond acceptors (Lipinski definition) is 13. The predicted molar refractivity (Wildman–Crippen MR) is 297 cm³/mol. The molecule has 0 radical (unpaired) electrons. The first-order valence-electron chi connectivity index (χ1n) is 27.7. The first kappa shape index (κ1) is 61.8. The second kappa shape index (κ2) is 25.8. The highest BCUT2D eigenvalue weighted by Crippen LogP contribution is 2.59. The molecular formula is C57H62F4N9O13PS. The minimum Gasteiger partial charge on any atom is -0.447 e. The third kappa shape index (κ3) is 13.8. The number of piperidine rings is 2. The molecule has 3 aromatic carbocycles. The Kier molecular flexibility index (Phi) is 18.8. The third-order valence-electron chi connectivity index (χ3n) is 16.3. The molecule has 3 unspecified atom stereocenters. The molecule has 4 fully saturated rings. The van der Waals surface area contributed by atoms with Crippen LogP contribution in [0.2, 0.25) is 0 Å². The van der Waals surface area contributed by atoms with E-state index in [0.29, 0.717) is 73.0 Å². The van der Waals surface area contributed by atoms with Crippen LogP contribution < -0.4 is 27.0 Å². The number of amides is 9. The molecule has 28 heteroatoms. The second-order valence-electron chi connectivity index (χ2n) is 21.7. The van der Waals surface area contributed by atoms with Crippen LogP contribution in [0.3, 0.4) is 0 Å². The zero-order chi connectivity index (χ0) is 61.1. The molecule has 0 bridgehead atoms. The van der Waals surface area contributed by atoms with E-state index >= 15 is 0 Å². The van der Waals surface area contributed by atoms with Crippen molar-refractivity contribution in [2.24, 2.45) is 11.7 Å². The molecule has 6 heterocycles. The van der Waals surface area contributed by atoms with Gasteiger partial charge in [0.25, 0.3) is 11.8 Å². The molecule has 85 heavy (non-hydrogen) atoms. The number of nitrogens with one attached hydrogen (secondary N) is 4. The molecule has 5 aliphatic heterocycles. The van der Waals surface area contributed by atoms with Crippen LogP contribution in [0, 0.1) is 29.4 Å². The Morgan fingerprint density at radius 1 is 0.918 bits per heavy atom. The van der Waals surface area contributed by atoms with Crippen LogP contribution in [0.25, 0.3) is 10.1 Å². The quantitative estimate of drug-likeness (QED) is 0.0343. The fourth-order valence-corrected chi connectivity index (χ4v) is 13.0. The summed E-state index contributed by atoms with van der Waals surface area (Å²) in [6.45, 7) is 2.60. The van der Waals surface area contributed by atoms with Crippen LogP contribution in [-0.4, -0.2) is 158 Å². The van der Waals surface area contributed by atoms with Gasteiger partial charge < -0.3 is 55.8 Å². The molecule has 452 valence electrons. The Bertz CT molecular complexity index is 3460. The van der Waals surface area contributed by atoms with Gasteiger partial charge in [-0.05, 0) is 116 Å². The fourth-order valence-electron chi connectivity index (χ4n) is 11.6. The average molecular weight is 1220 g/mol. The number of hydrogen-bond donors (Lipinski definition) is 7. The van der Waals surface area contributed by atoms with Gasteiger partial charge in [-0.3, -0.25) is 48.2 Å². The lowest BCUT2D eigenvalue weighted by atomic mass is 9.91. The Morgan fingerprint density at radius 3 is 2.39 bits per heavy atom. The Labute approximate surface area is 488 Å². The van der Waals surface area contributed by atoms with Gasteiger partial charge in [-0.15, -0.1) is 11.3 Å². The first-order chi connectivity index (χ1) is 40.4. The monoisotopic (exact) mass is 1220 g/mol. The molecule has 22 nitrogen and oxygen atoms in total. The number of nitrogens with two attached hydrogens (primary N) is 1. The number of carbonyl (C=O) groups excluding carboxylic acids is 9. The van der Waals surface area contributed by atoms with E-state index in [9.17, 15) is 75.1 Å². The molecule has 4 aromatic rings. The number of likely N-dealkylation sites (N-methyl/N-ethyl adjacent to an activating group) is 1. The van der Waals surface area contributed by atoms with Gasteiger partial charge in [-0.25, -0.2) is 13.6 Å². The van der Waals surface area contributed by atoms with Crippen molar-refractivity contribution in [1.82, 2.24) is 40.9 Å². The molecule has 1 aromatic heterocycles. The molecule has 9 rings (SSSR count). The van der Waals surface area contributed by atoms with Crippen LogP contribution in [0.15, 0.2) is 60.7 Å². The Morgan fingerprint density at radius 2 is 1.68 bits per heavy atom. The topological polar surface area (TPSA) is 307 Å². The number of alkyl halides is 2. The summed E-state index contributed by atoms with van der Waals surface area (Å²) in [5.41, 5.74) is 1.76. The number of benzene rings is 3. The van der Waals surface area contributed by atoms with Crippen LogP contribution >= 0.6 is 18.9 Å². The normalized spacial score (nSPS) is 21.2. The van der Waals surface area contributed by atoms with Crippen molar-refractivity contribution in [3.8, 4) is 11.8 Å². The summed E-state index contributed by atoms with van der Waals surface area (Å²) >= 11 is 0.886. The fraction of sp³-hybridized carbons (Fsp3) is 0.456. The highest BCUT2D eigenvalue weighted by molar-refractivity contribution is 7.52. The maximum Gasteiger partial charge on any atom is 0.404 e. The summed E-state index contributed by atoms with van der Waals surface area (Å²) in [5.74, 6) is -0.965. The van der Waals surface area contributed by atoms with Crippen LogP contribution in [-0.2, 0) is 56.7 Å². The number of imide groups is 1. The zero-order valence-corrected chi connectivity index (χ0v) is 47.7. The lowest BCUT2D eigenvalue weighted by Gasteiger charge is -2.38. The van der Waals surface area contributed by atoms with Crippen LogP contribution in [0.1, 0.15) is 107 Å². The van der Waals surface area contributed by atoms with Gasteiger partial charge in [-0.1, -0.05) is 37.0 Å². The third-order valence-corrected chi connectivity index (χ3v) is 18.4. The van der Waals surface area contributed by atoms with E-state index < -0.39 is 115 Å². The average Bonchev–Trinajstić information content (AvgIpc) is 2.29.